The van der Waals surface area contributed by atoms with Crippen molar-refractivity contribution < 1.29 is 9.47 Å². The molecular formula is C10H24O2. The van der Waals surface area contributed by atoms with Gasteiger partial charge in [0.25, 0.3) is 0 Å². The Kier molecular flexibility index (Phi) is 10.8. The molecule has 0 N–H and O–H groups in total. The zero-order chi connectivity index (χ0) is 10.0. The first-order valence-electron chi connectivity index (χ1n) is 4.58. The predicted molar refractivity (Wildman–Crippen MR) is 53.5 cm³/mol. The molecule has 0 aromatic rings. The van der Waals surface area contributed by atoms with E-state index in [0.717, 1.165) is 19.4 Å². The Labute approximate surface area is 77.3 Å². The number of methoxy groups -OCH3 is 2. The summed E-state index contributed by atoms with van der Waals surface area (Å²) in [6.45, 7) is 9.24. The van der Waals surface area contributed by atoms with E-state index in [2.05, 4.69) is 27.7 Å². The van der Waals surface area contributed by atoms with Crippen molar-refractivity contribution in [1.29, 1.82) is 0 Å². The molecule has 0 radical (unpaired) electrons. The van der Waals surface area contributed by atoms with Crippen molar-refractivity contribution in [3.63, 3.8) is 0 Å². The van der Waals surface area contributed by atoms with Crippen molar-refractivity contribution in [3.05, 3.63) is 0 Å². The molecule has 0 unspecified atom stereocenters. The zero-order valence-electron chi connectivity index (χ0n) is 9.44. The Morgan fingerprint density at radius 1 is 1.08 bits per heavy atom. The number of hydrogen-bond donors (Lipinski definition) is 0. The van der Waals surface area contributed by atoms with Crippen molar-refractivity contribution in [2.24, 2.45) is 0 Å². The van der Waals surface area contributed by atoms with Crippen LogP contribution in [0.4, 0.5) is 0 Å². The van der Waals surface area contributed by atoms with Crippen LogP contribution in [0.15, 0.2) is 0 Å². The molecule has 0 bridgehead atoms. The van der Waals surface area contributed by atoms with Crippen LogP contribution in [0.3, 0.4) is 0 Å². The highest BCUT2D eigenvalue weighted by Crippen LogP contribution is 2.10. The van der Waals surface area contributed by atoms with Gasteiger partial charge in [-0.2, -0.15) is 0 Å². The number of hydrogen-bond acceptors (Lipinski definition) is 2. The lowest BCUT2D eigenvalue weighted by Crippen LogP contribution is -2.20. The van der Waals surface area contributed by atoms with Gasteiger partial charge in [0.15, 0.2) is 0 Å². The maximum Gasteiger partial charge on any atom is 0.0620 e. The summed E-state index contributed by atoms with van der Waals surface area (Å²) >= 11 is 0. The van der Waals surface area contributed by atoms with Crippen LogP contribution in [0.2, 0.25) is 0 Å². The van der Waals surface area contributed by atoms with Crippen LogP contribution in [0.5, 0.6) is 0 Å². The summed E-state index contributed by atoms with van der Waals surface area (Å²) in [5.74, 6) is 0. The lowest BCUT2D eigenvalue weighted by Gasteiger charge is -2.19. The quantitative estimate of drug-likeness (QED) is 0.655. The lowest BCUT2D eigenvalue weighted by molar-refractivity contribution is 0.0196. The second kappa shape index (κ2) is 9.01. The second-order valence-electron chi connectivity index (χ2n) is 3.31. The summed E-state index contributed by atoms with van der Waals surface area (Å²) in [6, 6.07) is 0. The molecule has 76 valence electrons. The van der Waals surface area contributed by atoms with Gasteiger partial charge in [0.1, 0.15) is 0 Å². The third-order valence-electron chi connectivity index (χ3n) is 1.81. The highest BCUT2D eigenvalue weighted by molar-refractivity contribution is 4.62. The van der Waals surface area contributed by atoms with E-state index in [9.17, 15) is 0 Å². The Morgan fingerprint density at radius 3 is 1.58 bits per heavy atom. The average molecular weight is 176 g/mol. The first-order valence-corrected chi connectivity index (χ1v) is 4.58. The van der Waals surface area contributed by atoms with Crippen LogP contribution in [-0.4, -0.2) is 26.4 Å². The third-order valence-corrected chi connectivity index (χ3v) is 1.81. The molecule has 0 fully saturated rings. The summed E-state index contributed by atoms with van der Waals surface area (Å²) in [6.07, 6.45) is 2.19. The molecule has 0 heterocycles. The summed E-state index contributed by atoms with van der Waals surface area (Å²) < 4.78 is 9.78. The van der Waals surface area contributed by atoms with Crippen molar-refractivity contribution in [2.75, 3.05) is 20.8 Å². The van der Waals surface area contributed by atoms with Crippen molar-refractivity contribution >= 4 is 0 Å². The molecule has 0 saturated heterocycles. The second-order valence-corrected chi connectivity index (χ2v) is 3.31. The highest BCUT2D eigenvalue weighted by Gasteiger charge is 2.10. The first kappa shape index (κ1) is 14.4. The molecule has 0 aromatic carbocycles. The van der Waals surface area contributed by atoms with E-state index < -0.39 is 0 Å². The molecule has 2 nitrogen and oxygen atoms in total. The topological polar surface area (TPSA) is 18.5 Å². The predicted octanol–water partition coefficient (Wildman–Crippen LogP) is 2.86. The van der Waals surface area contributed by atoms with Gasteiger partial charge < -0.3 is 9.47 Å². The van der Waals surface area contributed by atoms with Crippen molar-refractivity contribution in [2.45, 2.75) is 46.1 Å². The maximum atomic E-state index is 5.09. The molecule has 12 heavy (non-hydrogen) atoms. The summed E-state index contributed by atoms with van der Waals surface area (Å²) in [4.78, 5) is 0. The van der Waals surface area contributed by atoms with Gasteiger partial charge in [-0.25, -0.2) is 0 Å². The molecule has 0 saturated carbocycles. The van der Waals surface area contributed by atoms with E-state index in [-0.39, 0.29) is 5.60 Å². The van der Waals surface area contributed by atoms with Crippen molar-refractivity contribution in [1.82, 2.24) is 0 Å². The minimum atomic E-state index is 0.0833. The Bertz CT molecular complexity index is 71.9. The van der Waals surface area contributed by atoms with Crippen LogP contribution in [0.25, 0.3) is 0 Å². The van der Waals surface area contributed by atoms with E-state index in [0.29, 0.717) is 0 Å². The average Bonchev–Trinajstić information content (AvgIpc) is 2.07. The first-order chi connectivity index (χ1) is 5.54. The van der Waals surface area contributed by atoms with Crippen LogP contribution >= 0.6 is 0 Å². The standard InChI is InChI=1S/C6H14O.C4H10O/c1-5-6(2,3)7-4;1-3-4-5-2/h5H2,1-4H3;3-4H2,1-2H3. The molecule has 0 aliphatic heterocycles. The van der Waals surface area contributed by atoms with Crippen molar-refractivity contribution in [3.8, 4) is 0 Å². The summed E-state index contributed by atoms with van der Waals surface area (Å²) in [5.41, 5.74) is 0.0833. The molecule has 0 atom stereocenters. The van der Waals surface area contributed by atoms with Gasteiger partial charge in [-0.3, -0.25) is 0 Å². The largest absolute Gasteiger partial charge is 0.385 e. The number of rotatable bonds is 4. The Morgan fingerprint density at radius 2 is 1.58 bits per heavy atom. The maximum absolute atomic E-state index is 5.09. The molecule has 0 spiro atoms. The molecule has 2 heteroatoms. The van der Waals surface area contributed by atoms with Crippen LogP contribution in [-0.2, 0) is 9.47 Å². The lowest BCUT2D eigenvalue weighted by atomic mass is 10.1. The van der Waals surface area contributed by atoms with Gasteiger partial charge in [0.2, 0.25) is 0 Å². The fourth-order valence-corrected chi connectivity index (χ4v) is 0.348. The fourth-order valence-electron chi connectivity index (χ4n) is 0.348. The molecule has 0 amide bonds. The van der Waals surface area contributed by atoms with Gasteiger partial charge >= 0.3 is 0 Å². The molecular weight excluding hydrogens is 152 g/mol. The van der Waals surface area contributed by atoms with Gasteiger partial charge in [-0.15, -0.1) is 0 Å². The zero-order valence-corrected chi connectivity index (χ0v) is 9.44. The van der Waals surface area contributed by atoms with E-state index in [1.807, 2.05) is 0 Å². The van der Waals surface area contributed by atoms with Gasteiger partial charge in [-0.1, -0.05) is 13.8 Å². The SMILES string of the molecule is CCC(C)(C)OC.CCCOC. The third kappa shape index (κ3) is 12.6. The van der Waals surface area contributed by atoms with E-state index in [1.165, 1.54) is 0 Å². The summed E-state index contributed by atoms with van der Waals surface area (Å²) in [5, 5.41) is 0. The van der Waals surface area contributed by atoms with Gasteiger partial charge in [0, 0.05) is 20.8 Å². The van der Waals surface area contributed by atoms with Crippen LogP contribution in [0, 0.1) is 0 Å². The van der Waals surface area contributed by atoms with E-state index in [1.54, 1.807) is 14.2 Å². The normalized spacial score (nSPS) is 10.5. The summed E-state index contributed by atoms with van der Waals surface area (Å²) in [7, 11) is 3.45. The minimum absolute atomic E-state index is 0.0833. The Balaban J connectivity index is 0. The number of ether oxygens (including phenoxy) is 2. The molecule has 0 aliphatic carbocycles. The van der Waals surface area contributed by atoms with Crippen LogP contribution < -0.4 is 0 Å². The molecule has 0 aromatic heterocycles. The highest BCUT2D eigenvalue weighted by atomic mass is 16.5. The van der Waals surface area contributed by atoms with E-state index in [4.69, 9.17) is 9.47 Å². The van der Waals surface area contributed by atoms with Gasteiger partial charge in [0.05, 0.1) is 5.60 Å². The minimum Gasteiger partial charge on any atom is -0.385 e. The smallest absolute Gasteiger partial charge is 0.0620 e. The fraction of sp³-hybridized carbons (Fsp3) is 1.00. The Hall–Kier alpha value is -0.0800. The van der Waals surface area contributed by atoms with Crippen LogP contribution in [0.1, 0.15) is 40.5 Å². The monoisotopic (exact) mass is 176 g/mol. The van der Waals surface area contributed by atoms with Gasteiger partial charge in [-0.05, 0) is 26.7 Å². The molecule has 0 aliphatic rings. The molecule has 0 rings (SSSR count). The van der Waals surface area contributed by atoms with E-state index >= 15 is 0 Å².